The molecule has 1 aromatic carbocycles. The maximum atomic E-state index is 6.16. The van der Waals surface area contributed by atoms with Crippen LogP contribution in [-0.2, 0) is 12.8 Å². The zero-order valence-corrected chi connectivity index (χ0v) is 13.2. The molecule has 0 fully saturated rings. The van der Waals surface area contributed by atoms with Gasteiger partial charge in [-0.2, -0.15) is 0 Å². The molecular formula is C14H13BrCl2N2. The minimum Gasteiger partial charge on any atom is -0.327 e. The van der Waals surface area contributed by atoms with Gasteiger partial charge in [0.1, 0.15) is 0 Å². The lowest BCUT2D eigenvalue weighted by Gasteiger charge is -2.12. The van der Waals surface area contributed by atoms with Crippen molar-refractivity contribution in [3.05, 3.63) is 62.3 Å². The average molecular weight is 360 g/mol. The summed E-state index contributed by atoms with van der Waals surface area (Å²) in [7, 11) is 0. The highest BCUT2D eigenvalue weighted by Gasteiger charge is 2.08. The normalized spacial score (nSPS) is 12.4. The predicted molar refractivity (Wildman–Crippen MR) is 83.8 cm³/mol. The fraction of sp³-hybridized carbons (Fsp3) is 0.214. The number of nitrogens with two attached hydrogens (primary N) is 1. The summed E-state index contributed by atoms with van der Waals surface area (Å²) >= 11 is 15.3. The molecule has 5 heteroatoms. The average Bonchev–Trinajstić information content (AvgIpc) is 2.34. The van der Waals surface area contributed by atoms with Gasteiger partial charge in [-0.1, -0.05) is 29.3 Å². The van der Waals surface area contributed by atoms with Crippen molar-refractivity contribution in [1.29, 1.82) is 0 Å². The van der Waals surface area contributed by atoms with E-state index in [0.29, 0.717) is 10.0 Å². The van der Waals surface area contributed by atoms with Crippen molar-refractivity contribution in [3.8, 4) is 0 Å². The smallest absolute Gasteiger partial charge is 0.0595 e. The molecule has 1 aromatic heterocycles. The molecule has 0 aliphatic heterocycles. The summed E-state index contributed by atoms with van der Waals surface area (Å²) in [5.74, 6) is 0. The molecule has 0 amide bonds. The van der Waals surface area contributed by atoms with Gasteiger partial charge in [-0.25, -0.2) is 0 Å². The Labute approximate surface area is 131 Å². The van der Waals surface area contributed by atoms with Crippen LogP contribution in [0.3, 0.4) is 0 Å². The van der Waals surface area contributed by atoms with Gasteiger partial charge in [-0.15, -0.1) is 0 Å². The van der Waals surface area contributed by atoms with Crippen molar-refractivity contribution < 1.29 is 0 Å². The number of hydrogen-bond acceptors (Lipinski definition) is 2. The summed E-state index contributed by atoms with van der Waals surface area (Å²) in [6.07, 6.45) is 5.11. The van der Waals surface area contributed by atoms with E-state index in [-0.39, 0.29) is 6.04 Å². The quantitative estimate of drug-likeness (QED) is 0.885. The van der Waals surface area contributed by atoms with Crippen LogP contribution < -0.4 is 5.73 Å². The van der Waals surface area contributed by atoms with Gasteiger partial charge in [0, 0.05) is 22.9 Å². The molecule has 1 unspecified atom stereocenters. The zero-order chi connectivity index (χ0) is 13.8. The van der Waals surface area contributed by atoms with Crippen LogP contribution in [0.2, 0.25) is 10.0 Å². The van der Waals surface area contributed by atoms with Gasteiger partial charge in [0.25, 0.3) is 0 Å². The number of rotatable bonds is 4. The van der Waals surface area contributed by atoms with Crippen molar-refractivity contribution >= 4 is 39.1 Å². The summed E-state index contributed by atoms with van der Waals surface area (Å²) in [4.78, 5) is 4.13. The Morgan fingerprint density at radius 3 is 2.47 bits per heavy atom. The van der Waals surface area contributed by atoms with Crippen molar-refractivity contribution in [2.75, 3.05) is 0 Å². The van der Waals surface area contributed by atoms with Crippen molar-refractivity contribution in [2.45, 2.75) is 18.9 Å². The highest BCUT2D eigenvalue weighted by molar-refractivity contribution is 9.10. The van der Waals surface area contributed by atoms with Crippen molar-refractivity contribution in [1.82, 2.24) is 4.98 Å². The molecule has 0 saturated carbocycles. The standard InChI is InChI=1S/C14H13BrCl2N2/c15-11-3-10(7-19-8-11)5-12(18)4-9-1-2-13(16)14(17)6-9/h1-3,6-8,12H,4-5,18H2. The summed E-state index contributed by atoms with van der Waals surface area (Å²) in [6.45, 7) is 0. The van der Waals surface area contributed by atoms with Gasteiger partial charge in [-0.3, -0.25) is 4.98 Å². The van der Waals surface area contributed by atoms with E-state index in [0.717, 1.165) is 28.4 Å². The van der Waals surface area contributed by atoms with Crippen LogP contribution in [0.15, 0.2) is 41.1 Å². The van der Waals surface area contributed by atoms with Crippen molar-refractivity contribution in [3.63, 3.8) is 0 Å². The van der Waals surface area contributed by atoms with E-state index in [1.54, 1.807) is 12.3 Å². The Bertz CT molecular complexity index is 575. The van der Waals surface area contributed by atoms with Crippen LogP contribution in [0.1, 0.15) is 11.1 Å². The van der Waals surface area contributed by atoms with E-state index in [1.807, 2.05) is 24.4 Å². The number of halogens is 3. The summed E-state index contributed by atoms with van der Waals surface area (Å²) < 4.78 is 0.965. The summed E-state index contributed by atoms with van der Waals surface area (Å²) in [5, 5.41) is 1.13. The molecule has 0 radical (unpaired) electrons. The SMILES string of the molecule is NC(Cc1cncc(Br)c1)Cc1ccc(Cl)c(Cl)c1. The molecule has 19 heavy (non-hydrogen) atoms. The second kappa shape index (κ2) is 6.71. The Kier molecular flexibility index (Phi) is 5.22. The fourth-order valence-electron chi connectivity index (χ4n) is 1.91. The monoisotopic (exact) mass is 358 g/mol. The van der Waals surface area contributed by atoms with Crippen molar-refractivity contribution in [2.24, 2.45) is 5.73 Å². The lowest BCUT2D eigenvalue weighted by atomic mass is 10.0. The van der Waals surface area contributed by atoms with Crippen LogP contribution >= 0.6 is 39.1 Å². The van der Waals surface area contributed by atoms with E-state index < -0.39 is 0 Å². The molecule has 0 aliphatic carbocycles. The maximum Gasteiger partial charge on any atom is 0.0595 e. The molecule has 0 aliphatic rings. The number of pyridine rings is 1. The van der Waals surface area contributed by atoms with Crippen LogP contribution in [0.25, 0.3) is 0 Å². The number of benzene rings is 1. The molecule has 1 atom stereocenters. The third kappa shape index (κ3) is 4.46. The highest BCUT2D eigenvalue weighted by atomic mass is 79.9. The zero-order valence-electron chi connectivity index (χ0n) is 10.1. The Morgan fingerprint density at radius 1 is 1.05 bits per heavy atom. The van der Waals surface area contributed by atoms with E-state index in [1.165, 1.54) is 0 Å². The van der Waals surface area contributed by atoms with Crippen LogP contribution in [0.4, 0.5) is 0 Å². The minimum atomic E-state index is 0.0216. The molecule has 0 spiro atoms. The van der Waals surface area contributed by atoms with Crippen LogP contribution in [-0.4, -0.2) is 11.0 Å². The van der Waals surface area contributed by atoms with Gasteiger partial charge in [0.2, 0.25) is 0 Å². The first-order valence-corrected chi connectivity index (χ1v) is 7.38. The largest absolute Gasteiger partial charge is 0.327 e. The summed E-state index contributed by atoms with van der Waals surface area (Å²) in [6, 6.07) is 7.66. The first-order chi connectivity index (χ1) is 9.04. The number of hydrogen-bond donors (Lipinski definition) is 1. The summed E-state index contributed by atoms with van der Waals surface area (Å²) in [5.41, 5.74) is 8.36. The van der Waals surface area contributed by atoms with E-state index in [2.05, 4.69) is 20.9 Å². The maximum absolute atomic E-state index is 6.16. The lowest BCUT2D eigenvalue weighted by molar-refractivity contribution is 0.663. The Balaban J connectivity index is 2.01. The number of aromatic nitrogens is 1. The molecule has 2 nitrogen and oxygen atoms in total. The third-order valence-corrected chi connectivity index (χ3v) is 3.91. The predicted octanol–water partition coefficient (Wildman–Crippen LogP) is 4.26. The van der Waals surface area contributed by atoms with Gasteiger partial charge in [0.05, 0.1) is 10.0 Å². The molecule has 2 rings (SSSR count). The number of nitrogens with zero attached hydrogens (tertiary/aromatic N) is 1. The van der Waals surface area contributed by atoms with E-state index in [9.17, 15) is 0 Å². The minimum absolute atomic E-state index is 0.0216. The van der Waals surface area contributed by atoms with Gasteiger partial charge < -0.3 is 5.73 Å². The second-order valence-corrected chi connectivity index (χ2v) is 6.16. The van der Waals surface area contributed by atoms with Crippen LogP contribution in [0, 0.1) is 0 Å². The van der Waals surface area contributed by atoms with Gasteiger partial charge in [0.15, 0.2) is 0 Å². The first-order valence-electron chi connectivity index (χ1n) is 5.83. The molecular weight excluding hydrogens is 347 g/mol. The van der Waals surface area contributed by atoms with Gasteiger partial charge >= 0.3 is 0 Å². The fourth-order valence-corrected chi connectivity index (χ4v) is 2.64. The van der Waals surface area contributed by atoms with Gasteiger partial charge in [-0.05, 0) is 58.1 Å². The molecule has 0 saturated heterocycles. The molecule has 1 heterocycles. The second-order valence-electron chi connectivity index (χ2n) is 4.43. The first kappa shape index (κ1) is 14.8. The molecule has 100 valence electrons. The highest BCUT2D eigenvalue weighted by Crippen LogP contribution is 2.23. The molecule has 2 N–H and O–H groups in total. The topological polar surface area (TPSA) is 38.9 Å². The third-order valence-electron chi connectivity index (χ3n) is 2.74. The Hall–Kier alpha value is -0.610. The molecule has 0 bridgehead atoms. The van der Waals surface area contributed by atoms with E-state index in [4.69, 9.17) is 28.9 Å². The van der Waals surface area contributed by atoms with E-state index >= 15 is 0 Å². The lowest BCUT2D eigenvalue weighted by Crippen LogP contribution is -2.25. The van der Waals surface area contributed by atoms with Crippen LogP contribution in [0.5, 0.6) is 0 Å². The molecule has 2 aromatic rings. The Morgan fingerprint density at radius 2 is 1.79 bits per heavy atom.